The zero-order chi connectivity index (χ0) is 12.1. The quantitative estimate of drug-likeness (QED) is 0.817. The van der Waals surface area contributed by atoms with Crippen LogP contribution in [0.2, 0.25) is 0 Å². The number of aryl methyl sites for hydroxylation is 1. The summed E-state index contributed by atoms with van der Waals surface area (Å²) in [4.78, 5) is 15.7. The minimum atomic E-state index is -0.153. The molecule has 0 atom stereocenters. The number of amides is 1. The third-order valence-electron chi connectivity index (χ3n) is 3.39. The molecule has 1 aliphatic carbocycles. The molecular weight excluding hydrogens is 254 g/mol. The highest BCUT2D eigenvalue weighted by molar-refractivity contribution is 5.85. The van der Waals surface area contributed by atoms with Gasteiger partial charge >= 0.3 is 0 Å². The Hall–Kier alpha value is -1.14. The van der Waals surface area contributed by atoms with Gasteiger partial charge in [-0.2, -0.15) is 5.10 Å². The van der Waals surface area contributed by atoms with Crippen molar-refractivity contribution in [2.45, 2.75) is 44.2 Å². The molecule has 0 saturated heterocycles. The molecule has 0 aromatic carbocycles. The second-order valence-corrected chi connectivity index (χ2v) is 4.65. The molecule has 0 bridgehead atoms. The fourth-order valence-electron chi connectivity index (χ4n) is 2.35. The fourth-order valence-corrected chi connectivity index (χ4v) is 2.35. The lowest BCUT2D eigenvalue weighted by molar-refractivity contribution is -0.123. The van der Waals surface area contributed by atoms with Crippen LogP contribution >= 0.6 is 12.4 Å². The molecule has 1 aromatic rings. The standard InChI is InChI=1S/C11H19N5O.ClH/c12-7-11(4-1-2-5-11)15-10(17)3-6-16-9-13-8-14-16;/h8-9H,1-7,12H2,(H,15,17);1H. The molecule has 0 radical (unpaired) electrons. The van der Waals surface area contributed by atoms with Gasteiger partial charge in [0, 0.05) is 13.0 Å². The number of carbonyl (C=O) groups is 1. The van der Waals surface area contributed by atoms with Crippen LogP contribution in [0.1, 0.15) is 32.1 Å². The SMILES string of the molecule is Cl.NCC1(NC(=O)CCn2cncn2)CCCC1. The summed E-state index contributed by atoms with van der Waals surface area (Å²) in [6.07, 6.45) is 7.81. The van der Waals surface area contributed by atoms with E-state index in [2.05, 4.69) is 15.4 Å². The first-order valence-electron chi connectivity index (χ1n) is 6.08. The summed E-state index contributed by atoms with van der Waals surface area (Å²) in [5, 5.41) is 7.04. The summed E-state index contributed by atoms with van der Waals surface area (Å²) in [7, 11) is 0. The summed E-state index contributed by atoms with van der Waals surface area (Å²) in [5.41, 5.74) is 5.61. The summed E-state index contributed by atoms with van der Waals surface area (Å²) in [6, 6.07) is 0. The van der Waals surface area contributed by atoms with Crippen LogP contribution in [0.3, 0.4) is 0 Å². The molecule has 1 fully saturated rings. The van der Waals surface area contributed by atoms with E-state index in [9.17, 15) is 4.79 Å². The van der Waals surface area contributed by atoms with Gasteiger partial charge in [0.15, 0.2) is 0 Å². The van der Waals surface area contributed by atoms with Gasteiger partial charge in [-0.05, 0) is 12.8 Å². The van der Waals surface area contributed by atoms with E-state index in [1.165, 1.54) is 6.33 Å². The van der Waals surface area contributed by atoms with Crippen molar-refractivity contribution in [3.05, 3.63) is 12.7 Å². The molecule has 1 saturated carbocycles. The molecule has 102 valence electrons. The second-order valence-electron chi connectivity index (χ2n) is 4.65. The summed E-state index contributed by atoms with van der Waals surface area (Å²) >= 11 is 0. The maximum Gasteiger partial charge on any atom is 0.222 e. The van der Waals surface area contributed by atoms with Gasteiger partial charge in [0.25, 0.3) is 0 Å². The number of hydrogen-bond donors (Lipinski definition) is 2. The monoisotopic (exact) mass is 273 g/mol. The van der Waals surface area contributed by atoms with Crippen LogP contribution in [0.15, 0.2) is 12.7 Å². The Labute approximate surface area is 113 Å². The van der Waals surface area contributed by atoms with Crippen molar-refractivity contribution in [3.63, 3.8) is 0 Å². The molecule has 6 nitrogen and oxygen atoms in total. The Balaban J connectivity index is 0.00000162. The molecule has 0 unspecified atom stereocenters. The van der Waals surface area contributed by atoms with E-state index < -0.39 is 0 Å². The van der Waals surface area contributed by atoms with Crippen LogP contribution in [0, 0.1) is 0 Å². The van der Waals surface area contributed by atoms with Crippen LogP contribution in [0.5, 0.6) is 0 Å². The highest BCUT2D eigenvalue weighted by Crippen LogP contribution is 2.28. The van der Waals surface area contributed by atoms with E-state index in [1.54, 1.807) is 11.0 Å². The zero-order valence-electron chi connectivity index (χ0n) is 10.3. The van der Waals surface area contributed by atoms with Crippen molar-refractivity contribution in [1.29, 1.82) is 0 Å². The van der Waals surface area contributed by atoms with E-state index in [0.717, 1.165) is 25.7 Å². The molecule has 1 aliphatic rings. The summed E-state index contributed by atoms with van der Waals surface area (Å²) < 4.78 is 1.66. The molecule has 7 heteroatoms. The highest BCUT2D eigenvalue weighted by atomic mass is 35.5. The predicted molar refractivity (Wildman–Crippen MR) is 70.3 cm³/mol. The molecule has 2 rings (SSSR count). The first-order chi connectivity index (χ1) is 8.24. The van der Waals surface area contributed by atoms with Crippen molar-refractivity contribution in [3.8, 4) is 0 Å². The minimum absolute atomic E-state index is 0. The lowest BCUT2D eigenvalue weighted by atomic mass is 9.97. The van der Waals surface area contributed by atoms with Crippen molar-refractivity contribution in [1.82, 2.24) is 20.1 Å². The molecule has 1 aromatic heterocycles. The normalized spacial score (nSPS) is 17.2. The third-order valence-corrected chi connectivity index (χ3v) is 3.39. The number of nitrogens with one attached hydrogen (secondary N) is 1. The number of aromatic nitrogens is 3. The average molecular weight is 274 g/mol. The molecule has 0 spiro atoms. The summed E-state index contributed by atoms with van der Waals surface area (Å²) in [5.74, 6) is 0.0489. The molecule has 1 heterocycles. The number of carbonyl (C=O) groups excluding carboxylic acids is 1. The van der Waals surface area contributed by atoms with Crippen LogP contribution in [0.4, 0.5) is 0 Å². The molecule has 1 amide bonds. The Kier molecular flexibility index (Phi) is 5.55. The highest BCUT2D eigenvalue weighted by Gasteiger charge is 2.33. The van der Waals surface area contributed by atoms with Crippen LogP contribution in [-0.2, 0) is 11.3 Å². The van der Waals surface area contributed by atoms with Gasteiger partial charge in [-0.3, -0.25) is 9.48 Å². The lowest BCUT2D eigenvalue weighted by Crippen LogP contribution is -2.51. The summed E-state index contributed by atoms with van der Waals surface area (Å²) in [6.45, 7) is 1.09. The Morgan fingerprint density at radius 1 is 1.44 bits per heavy atom. The molecule has 0 aliphatic heterocycles. The number of hydrogen-bond acceptors (Lipinski definition) is 4. The van der Waals surface area contributed by atoms with Crippen molar-refractivity contribution >= 4 is 18.3 Å². The van der Waals surface area contributed by atoms with Gasteiger partial charge in [-0.1, -0.05) is 12.8 Å². The lowest BCUT2D eigenvalue weighted by Gasteiger charge is -2.28. The maximum atomic E-state index is 11.8. The van der Waals surface area contributed by atoms with Gasteiger partial charge in [-0.15, -0.1) is 12.4 Å². The van der Waals surface area contributed by atoms with E-state index >= 15 is 0 Å². The van der Waals surface area contributed by atoms with Gasteiger partial charge in [0.05, 0.1) is 12.1 Å². The first kappa shape index (κ1) is 14.9. The van der Waals surface area contributed by atoms with Gasteiger partial charge in [-0.25, -0.2) is 4.98 Å². The average Bonchev–Trinajstić information content (AvgIpc) is 2.98. The van der Waals surface area contributed by atoms with Crippen molar-refractivity contribution < 1.29 is 4.79 Å². The Bertz CT molecular complexity index is 362. The smallest absolute Gasteiger partial charge is 0.222 e. The third kappa shape index (κ3) is 3.68. The Morgan fingerprint density at radius 3 is 2.72 bits per heavy atom. The van der Waals surface area contributed by atoms with Gasteiger partial charge < -0.3 is 11.1 Å². The van der Waals surface area contributed by atoms with Crippen molar-refractivity contribution in [2.75, 3.05) is 6.54 Å². The number of nitrogens with zero attached hydrogens (tertiary/aromatic N) is 3. The predicted octanol–water partition coefficient (Wildman–Crippen LogP) is 0.478. The van der Waals surface area contributed by atoms with Crippen LogP contribution in [-0.4, -0.2) is 32.8 Å². The van der Waals surface area contributed by atoms with Crippen LogP contribution < -0.4 is 11.1 Å². The van der Waals surface area contributed by atoms with E-state index in [0.29, 0.717) is 19.5 Å². The Morgan fingerprint density at radius 2 is 2.17 bits per heavy atom. The number of rotatable bonds is 5. The number of halogens is 1. The molecular formula is C11H20ClN5O. The minimum Gasteiger partial charge on any atom is -0.349 e. The van der Waals surface area contributed by atoms with Crippen molar-refractivity contribution in [2.24, 2.45) is 5.73 Å². The zero-order valence-corrected chi connectivity index (χ0v) is 11.2. The largest absolute Gasteiger partial charge is 0.349 e. The second kappa shape index (κ2) is 6.70. The fraction of sp³-hybridized carbons (Fsp3) is 0.727. The van der Waals surface area contributed by atoms with E-state index in [-0.39, 0.29) is 23.9 Å². The van der Waals surface area contributed by atoms with Gasteiger partial charge in [0.2, 0.25) is 5.91 Å². The van der Waals surface area contributed by atoms with Crippen LogP contribution in [0.25, 0.3) is 0 Å². The molecule has 3 N–H and O–H groups in total. The topological polar surface area (TPSA) is 85.8 Å². The van der Waals surface area contributed by atoms with Gasteiger partial charge in [0.1, 0.15) is 12.7 Å². The van der Waals surface area contributed by atoms with E-state index in [4.69, 9.17) is 5.73 Å². The maximum absolute atomic E-state index is 11.8. The first-order valence-corrected chi connectivity index (χ1v) is 6.08. The number of nitrogens with two attached hydrogens (primary N) is 1. The van der Waals surface area contributed by atoms with E-state index in [1.807, 2.05) is 0 Å². The molecule has 18 heavy (non-hydrogen) atoms.